The number of halogens is 1. The van der Waals surface area contributed by atoms with E-state index in [0.29, 0.717) is 15.6 Å². The van der Waals surface area contributed by atoms with E-state index in [1.54, 1.807) is 19.1 Å². The van der Waals surface area contributed by atoms with Crippen molar-refractivity contribution in [1.29, 1.82) is 0 Å². The van der Waals surface area contributed by atoms with Crippen molar-refractivity contribution in [2.75, 3.05) is 13.2 Å². The zero-order valence-corrected chi connectivity index (χ0v) is 16.4. The van der Waals surface area contributed by atoms with Gasteiger partial charge in [-0.25, -0.2) is 14.2 Å². The number of esters is 1. The average Bonchev–Trinajstić information content (AvgIpc) is 3.08. The molecule has 1 aromatic carbocycles. The maximum absolute atomic E-state index is 13.1. The molecule has 0 N–H and O–H groups in total. The molecule has 0 bridgehead atoms. The van der Waals surface area contributed by atoms with E-state index in [-0.39, 0.29) is 24.4 Å². The molecule has 27 heavy (non-hydrogen) atoms. The number of carbonyl (C=O) groups is 2. The topological polar surface area (TPSA) is 59.5 Å². The Morgan fingerprint density at radius 1 is 1.30 bits per heavy atom. The lowest BCUT2D eigenvalue weighted by atomic mass is 10.00. The smallest absolute Gasteiger partial charge is 0.350 e. The van der Waals surface area contributed by atoms with Crippen LogP contribution in [-0.2, 0) is 9.53 Å². The van der Waals surface area contributed by atoms with Crippen molar-refractivity contribution in [2.45, 2.75) is 45.6 Å². The summed E-state index contributed by atoms with van der Waals surface area (Å²) < 4.78 is 18.3. The maximum Gasteiger partial charge on any atom is 0.350 e. The Morgan fingerprint density at radius 2 is 2.04 bits per heavy atom. The zero-order valence-electron chi connectivity index (χ0n) is 15.5. The first-order valence-corrected chi connectivity index (χ1v) is 10.0. The van der Waals surface area contributed by atoms with Gasteiger partial charge in [0.05, 0.1) is 5.69 Å². The van der Waals surface area contributed by atoms with Crippen molar-refractivity contribution < 1.29 is 18.7 Å². The number of hydrogen-bond acceptors (Lipinski definition) is 5. The second-order valence-corrected chi connectivity index (χ2v) is 7.66. The summed E-state index contributed by atoms with van der Waals surface area (Å²) in [5.41, 5.74) is 1.28. The van der Waals surface area contributed by atoms with Gasteiger partial charge in [0.15, 0.2) is 6.61 Å². The number of thiazole rings is 1. The Labute approximate surface area is 162 Å². The molecule has 5 nitrogen and oxygen atoms in total. The largest absolute Gasteiger partial charge is 0.451 e. The van der Waals surface area contributed by atoms with Crippen LogP contribution in [0.5, 0.6) is 0 Å². The Balaban J connectivity index is 1.64. The normalized spacial score (nSPS) is 17.0. The zero-order chi connectivity index (χ0) is 19.4. The number of benzene rings is 1. The summed E-state index contributed by atoms with van der Waals surface area (Å²) in [6.07, 6.45) is 4.04. The van der Waals surface area contributed by atoms with Crippen molar-refractivity contribution >= 4 is 23.2 Å². The molecule has 0 aliphatic carbocycles. The number of carbonyl (C=O) groups excluding carboxylic acids is 2. The van der Waals surface area contributed by atoms with Gasteiger partial charge in [0.1, 0.15) is 15.7 Å². The molecule has 0 radical (unpaired) electrons. The highest BCUT2D eigenvalue weighted by molar-refractivity contribution is 7.17. The average molecular weight is 390 g/mol. The molecule has 0 unspecified atom stereocenters. The molecule has 1 atom stereocenters. The van der Waals surface area contributed by atoms with Gasteiger partial charge in [-0.2, -0.15) is 0 Å². The van der Waals surface area contributed by atoms with Crippen molar-refractivity contribution in [3.8, 4) is 10.6 Å². The Bertz CT molecular complexity index is 819. The monoisotopic (exact) mass is 390 g/mol. The molecule has 1 fully saturated rings. The minimum Gasteiger partial charge on any atom is -0.451 e. The van der Waals surface area contributed by atoms with E-state index in [1.807, 2.05) is 4.90 Å². The fourth-order valence-electron chi connectivity index (χ4n) is 3.33. The molecule has 1 aliphatic rings. The lowest BCUT2D eigenvalue weighted by molar-refractivity contribution is -0.138. The molecule has 0 spiro atoms. The number of rotatable bonds is 5. The van der Waals surface area contributed by atoms with Crippen LogP contribution in [0.3, 0.4) is 0 Å². The number of ether oxygens (including phenoxy) is 1. The van der Waals surface area contributed by atoms with Gasteiger partial charge < -0.3 is 9.64 Å². The summed E-state index contributed by atoms with van der Waals surface area (Å²) in [7, 11) is 0. The number of aromatic nitrogens is 1. The van der Waals surface area contributed by atoms with E-state index >= 15 is 0 Å². The van der Waals surface area contributed by atoms with E-state index in [1.165, 1.54) is 23.5 Å². The highest BCUT2D eigenvalue weighted by atomic mass is 32.1. The maximum atomic E-state index is 13.1. The van der Waals surface area contributed by atoms with E-state index in [9.17, 15) is 14.0 Å². The van der Waals surface area contributed by atoms with Crippen LogP contribution >= 0.6 is 11.3 Å². The Hall–Kier alpha value is -2.28. The molecule has 1 aromatic heterocycles. The number of hydrogen-bond donors (Lipinski definition) is 0. The fraction of sp³-hybridized carbons (Fsp3) is 0.450. The summed E-state index contributed by atoms with van der Waals surface area (Å²) in [6, 6.07) is 6.18. The van der Waals surface area contributed by atoms with Crippen LogP contribution in [0, 0.1) is 12.7 Å². The van der Waals surface area contributed by atoms with Crippen molar-refractivity contribution in [2.24, 2.45) is 0 Å². The molecule has 0 saturated carbocycles. The van der Waals surface area contributed by atoms with Crippen molar-refractivity contribution in [3.63, 3.8) is 0 Å². The Kier molecular flexibility index (Phi) is 6.21. The standard InChI is InChI=1S/C20H23FN2O3S/c1-3-16-6-4-5-11-23(16)17(24)12-26-20(25)18-13(2)22-19(27-18)14-7-9-15(21)10-8-14/h7-10,16H,3-6,11-12H2,1-2H3/t16-/m1/s1. The van der Waals surface area contributed by atoms with Gasteiger partial charge in [-0.05, 0) is 56.9 Å². The fourth-order valence-corrected chi connectivity index (χ4v) is 4.30. The van der Waals surface area contributed by atoms with Crippen LogP contribution < -0.4 is 0 Å². The van der Waals surface area contributed by atoms with Gasteiger partial charge in [-0.15, -0.1) is 11.3 Å². The third-order valence-corrected chi connectivity index (χ3v) is 6.01. The molecule has 144 valence electrons. The summed E-state index contributed by atoms with van der Waals surface area (Å²) >= 11 is 1.19. The van der Waals surface area contributed by atoms with Crippen LogP contribution in [0.4, 0.5) is 4.39 Å². The molecular formula is C20H23FN2O3S. The van der Waals surface area contributed by atoms with E-state index in [2.05, 4.69) is 11.9 Å². The van der Waals surface area contributed by atoms with Crippen LogP contribution in [0.2, 0.25) is 0 Å². The summed E-state index contributed by atoms with van der Waals surface area (Å²) in [6.45, 7) is 4.27. The van der Waals surface area contributed by atoms with Gasteiger partial charge in [0.25, 0.3) is 5.91 Å². The molecule has 1 saturated heterocycles. The number of amides is 1. The molecule has 3 rings (SSSR count). The van der Waals surface area contributed by atoms with Gasteiger partial charge >= 0.3 is 5.97 Å². The highest BCUT2D eigenvalue weighted by Gasteiger charge is 2.26. The van der Waals surface area contributed by atoms with Gasteiger partial charge in [0, 0.05) is 18.2 Å². The predicted octanol–water partition coefficient (Wildman–Crippen LogP) is 4.21. The first-order chi connectivity index (χ1) is 13.0. The first-order valence-electron chi connectivity index (χ1n) is 9.19. The molecule has 2 heterocycles. The number of nitrogens with zero attached hydrogens (tertiary/aromatic N) is 2. The molecule has 1 aliphatic heterocycles. The number of likely N-dealkylation sites (tertiary alicyclic amines) is 1. The summed E-state index contributed by atoms with van der Waals surface area (Å²) in [5.74, 6) is -1.01. The number of aryl methyl sites for hydroxylation is 1. The summed E-state index contributed by atoms with van der Waals surface area (Å²) in [5, 5.41) is 0.618. The van der Waals surface area contributed by atoms with Gasteiger partial charge in [-0.1, -0.05) is 6.92 Å². The minimum atomic E-state index is -0.545. The SMILES string of the molecule is CC[C@@H]1CCCCN1C(=O)COC(=O)c1sc(-c2ccc(F)cc2)nc1C. The van der Waals surface area contributed by atoms with Gasteiger partial charge in [0.2, 0.25) is 0 Å². The quantitative estimate of drug-likeness (QED) is 0.718. The lowest BCUT2D eigenvalue weighted by Gasteiger charge is -2.35. The van der Waals surface area contributed by atoms with Crippen molar-refractivity contribution in [1.82, 2.24) is 9.88 Å². The first kappa shape index (κ1) is 19.5. The van der Waals surface area contributed by atoms with E-state index < -0.39 is 5.97 Å². The van der Waals surface area contributed by atoms with Crippen LogP contribution in [0.15, 0.2) is 24.3 Å². The van der Waals surface area contributed by atoms with Crippen LogP contribution in [0.25, 0.3) is 10.6 Å². The summed E-state index contributed by atoms with van der Waals surface area (Å²) in [4.78, 5) is 31.4. The molecule has 1 amide bonds. The van der Waals surface area contributed by atoms with E-state index in [0.717, 1.165) is 37.8 Å². The van der Waals surface area contributed by atoms with Crippen LogP contribution in [0.1, 0.15) is 48.0 Å². The third kappa shape index (κ3) is 4.53. The molecular weight excluding hydrogens is 367 g/mol. The third-order valence-electron chi connectivity index (χ3n) is 4.82. The second-order valence-electron chi connectivity index (χ2n) is 6.66. The minimum absolute atomic E-state index is 0.143. The highest BCUT2D eigenvalue weighted by Crippen LogP contribution is 2.28. The molecule has 2 aromatic rings. The second kappa shape index (κ2) is 8.61. The van der Waals surface area contributed by atoms with Gasteiger partial charge in [-0.3, -0.25) is 4.79 Å². The van der Waals surface area contributed by atoms with Crippen LogP contribution in [-0.4, -0.2) is 41.0 Å². The lowest BCUT2D eigenvalue weighted by Crippen LogP contribution is -2.45. The van der Waals surface area contributed by atoms with E-state index in [4.69, 9.17) is 4.74 Å². The number of piperidine rings is 1. The molecule has 7 heteroatoms. The predicted molar refractivity (Wildman–Crippen MR) is 102 cm³/mol. The van der Waals surface area contributed by atoms with Crippen molar-refractivity contribution in [3.05, 3.63) is 40.7 Å². The Morgan fingerprint density at radius 3 is 2.74 bits per heavy atom.